The van der Waals surface area contributed by atoms with Gasteiger partial charge in [-0.2, -0.15) is 5.10 Å². The van der Waals surface area contributed by atoms with Crippen molar-refractivity contribution in [1.82, 2.24) is 4.90 Å². The summed E-state index contributed by atoms with van der Waals surface area (Å²) < 4.78 is 0. The van der Waals surface area contributed by atoms with Crippen LogP contribution in [0.25, 0.3) is 21.5 Å². The Morgan fingerprint density at radius 3 is 2.42 bits per heavy atom. The predicted molar refractivity (Wildman–Crippen MR) is 136 cm³/mol. The van der Waals surface area contributed by atoms with Crippen molar-refractivity contribution in [3.05, 3.63) is 89.5 Å². The zero-order valence-electron chi connectivity index (χ0n) is 18.8. The maximum Gasteiger partial charge on any atom is 0.125 e. The van der Waals surface area contributed by atoms with Crippen LogP contribution in [0.15, 0.2) is 83.0 Å². The fourth-order valence-corrected chi connectivity index (χ4v) is 4.03. The fourth-order valence-electron chi connectivity index (χ4n) is 4.03. The molecule has 1 atom stereocenters. The Kier molecular flexibility index (Phi) is 6.68. The van der Waals surface area contributed by atoms with Gasteiger partial charge in [0.15, 0.2) is 0 Å². The number of hydrogen-bond acceptors (Lipinski definition) is 5. The van der Waals surface area contributed by atoms with Crippen LogP contribution in [-0.4, -0.2) is 41.3 Å². The van der Waals surface area contributed by atoms with E-state index in [1.54, 1.807) is 18.3 Å². The van der Waals surface area contributed by atoms with Gasteiger partial charge in [0, 0.05) is 18.5 Å². The summed E-state index contributed by atoms with van der Waals surface area (Å²) in [6, 6.07) is 23.5. The number of rotatable bonds is 7. The molecular weight excluding hydrogens is 412 g/mol. The standard InChI is InChI=1S/C27H28N4O2/c1-31(2)17-20-13-18(11-12-25(20)32)16-29-30-27(28)15-26(33)24-14-19-7-3-4-8-21(19)22-9-5-6-10-23(22)24/h3-14,16,26,32-33H,15,17H2,1-2H3,(H2,28,30)/b29-16+. The maximum absolute atomic E-state index is 11.0. The van der Waals surface area contributed by atoms with Crippen LogP contribution < -0.4 is 5.73 Å². The minimum Gasteiger partial charge on any atom is -0.508 e. The molecule has 6 heteroatoms. The minimum absolute atomic E-state index is 0.168. The van der Waals surface area contributed by atoms with Crippen molar-refractivity contribution in [1.29, 1.82) is 0 Å². The molecule has 0 heterocycles. The maximum atomic E-state index is 11.0. The Bertz CT molecular complexity index is 1340. The lowest BCUT2D eigenvalue weighted by molar-refractivity contribution is 0.187. The van der Waals surface area contributed by atoms with Crippen molar-refractivity contribution < 1.29 is 10.2 Å². The molecule has 0 aliphatic rings. The van der Waals surface area contributed by atoms with E-state index in [2.05, 4.69) is 22.3 Å². The lowest BCUT2D eigenvalue weighted by atomic mass is 9.93. The van der Waals surface area contributed by atoms with Crippen molar-refractivity contribution in [2.45, 2.75) is 19.1 Å². The minimum atomic E-state index is -0.807. The van der Waals surface area contributed by atoms with Crippen LogP contribution in [0.1, 0.15) is 29.2 Å². The number of phenolic OH excluding ortho intramolecular Hbond substituents is 1. The van der Waals surface area contributed by atoms with E-state index in [0.29, 0.717) is 6.54 Å². The Hall–Kier alpha value is -3.74. The first-order valence-electron chi connectivity index (χ1n) is 10.8. The third-order valence-electron chi connectivity index (χ3n) is 5.54. The molecule has 0 saturated carbocycles. The Morgan fingerprint density at radius 2 is 1.67 bits per heavy atom. The summed E-state index contributed by atoms with van der Waals surface area (Å²) >= 11 is 0. The Labute approximate surface area is 193 Å². The second kappa shape index (κ2) is 9.81. The number of amidine groups is 1. The van der Waals surface area contributed by atoms with Gasteiger partial charge in [-0.1, -0.05) is 48.5 Å². The van der Waals surface area contributed by atoms with Crippen molar-refractivity contribution in [2.24, 2.45) is 15.9 Å². The van der Waals surface area contributed by atoms with Crippen LogP contribution in [-0.2, 0) is 6.54 Å². The van der Waals surface area contributed by atoms with Crippen LogP contribution in [0, 0.1) is 0 Å². The topological polar surface area (TPSA) is 94.4 Å². The summed E-state index contributed by atoms with van der Waals surface area (Å²) in [6.45, 7) is 0.616. The van der Waals surface area contributed by atoms with E-state index < -0.39 is 6.10 Å². The highest BCUT2D eigenvalue weighted by Gasteiger charge is 2.15. The number of fused-ring (bicyclic) bond motifs is 3. The quantitative estimate of drug-likeness (QED) is 0.170. The molecule has 1 unspecified atom stereocenters. The zero-order valence-corrected chi connectivity index (χ0v) is 18.8. The molecule has 0 aliphatic heterocycles. The Balaban J connectivity index is 1.54. The van der Waals surface area contributed by atoms with Crippen LogP contribution in [0.3, 0.4) is 0 Å². The number of aliphatic hydroxyl groups excluding tert-OH is 1. The third-order valence-corrected chi connectivity index (χ3v) is 5.54. The van der Waals surface area contributed by atoms with Gasteiger partial charge in [0.25, 0.3) is 0 Å². The average molecular weight is 441 g/mol. The summed E-state index contributed by atoms with van der Waals surface area (Å²) in [4.78, 5) is 1.98. The highest BCUT2D eigenvalue weighted by Crippen LogP contribution is 2.33. The van der Waals surface area contributed by atoms with Crippen molar-refractivity contribution in [3.8, 4) is 5.75 Å². The zero-order chi connectivity index (χ0) is 23.4. The molecule has 0 fully saturated rings. The summed E-state index contributed by atoms with van der Waals surface area (Å²) in [7, 11) is 3.88. The molecule has 4 aromatic carbocycles. The van der Waals surface area contributed by atoms with Crippen LogP contribution in [0.5, 0.6) is 5.75 Å². The van der Waals surface area contributed by atoms with Crippen LogP contribution in [0.4, 0.5) is 0 Å². The lowest BCUT2D eigenvalue weighted by Gasteiger charge is -2.15. The molecule has 0 radical (unpaired) electrons. The van der Waals surface area contributed by atoms with E-state index in [1.165, 1.54) is 0 Å². The molecule has 0 amide bonds. The molecular formula is C27H28N4O2. The first-order valence-corrected chi connectivity index (χ1v) is 10.8. The van der Waals surface area contributed by atoms with Gasteiger partial charge in [-0.3, -0.25) is 0 Å². The molecule has 0 aliphatic carbocycles. The molecule has 168 valence electrons. The number of aliphatic hydroxyl groups is 1. The van der Waals surface area contributed by atoms with Crippen molar-refractivity contribution in [3.63, 3.8) is 0 Å². The SMILES string of the molecule is CN(C)Cc1cc(/C=N/N=C(\N)CC(O)c2cc3ccccc3c3ccccc23)ccc1O. The van der Waals surface area contributed by atoms with E-state index in [-0.39, 0.29) is 18.0 Å². The van der Waals surface area contributed by atoms with Gasteiger partial charge < -0.3 is 20.8 Å². The Morgan fingerprint density at radius 1 is 0.970 bits per heavy atom. The summed E-state index contributed by atoms with van der Waals surface area (Å²) in [5, 5.41) is 33.4. The highest BCUT2D eigenvalue weighted by molar-refractivity contribution is 6.09. The van der Waals surface area contributed by atoms with Crippen LogP contribution in [0.2, 0.25) is 0 Å². The number of hydrogen-bond donors (Lipinski definition) is 3. The summed E-state index contributed by atoms with van der Waals surface area (Å²) in [6.07, 6.45) is 0.948. The molecule has 6 nitrogen and oxygen atoms in total. The second-order valence-electron chi connectivity index (χ2n) is 8.41. The first kappa shape index (κ1) is 22.5. The van der Waals surface area contributed by atoms with Gasteiger partial charge in [-0.15, -0.1) is 5.10 Å². The third kappa shape index (κ3) is 5.19. The largest absolute Gasteiger partial charge is 0.508 e. The molecule has 33 heavy (non-hydrogen) atoms. The van der Waals surface area contributed by atoms with Crippen molar-refractivity contribution in [2.75, 3.05) is 14.1 Å². The number of aromatic hydroxyl groups is 1. The first-order chi connectivity index (χ1) is 15.9. The van der Waals surface area contributed by atoms with Gasteiger partial charge >= 0.3 is 0 Å². The van der Waals surface area contributed by atoms with E-state index in [9.17, 15) is 10.2 Å². The molecule has 0 aromatic heterocycles. The molecule has 0 bridgehead atoms. The number of phenols is 1. The number of benzene rings is 4. The van der Waals surface area contributed by atoms with Gasteiger partial charge in [0.2, 0.25) is 0 Å². The van der Waals surface area contributed by atoms with Gasteiger partial charge in [-0.25, -0.2) is 0 Å². The number of nitrogens with zero attached hydrogens (tertiary/aromatic N) is 3. The molecule has 4 rings (SSSR count). The molecule has 0 saturated heterocycles. The average Bonchev–Trinajstić information content (AvgIpc) is 2.80. The van der Waals surface area contributed by atoms with Gasteiger partial charge in [-0.05, 0) is 71.0 Å². The van der Waals surface area contributed by atoms with Gasteiger partial charge in [0.05, 0.1) is 12.3 Å². The molecule has 4 aromatic rings. The lowest BCUT2D eigenvalue weighted by Crippen LogP contribution is -2.16. The normalized spacial score (nSPS) is 13.4. The van der Waals surface area contributed by atoms with E-state index >= 15 is 0 Å². The molecule has 0 spiro atoms. The number of nitrogens with two attached hydrogens (primary N) is 1. The van der Waals surface area contributed by atoms with E-state index in [1.807, 2.05) is 67.5 Å². The fraction of sp³-hybridized carbons (Fsp3) is 0.185. The van der Waals surface area contributed by atoms with E-state index in [4.69, 9.17) is 5.73 Å². The molecule has 4 N–H and O–H groups in total. The highest BCUT2D eigenvalue weighted by atomic mass is 16.3. The summed E-state index contributed by atoms with van der Waals surface area (Å²) in [5.74, 6) is 0.484. The second-order valence-corrected chi connectivity index (χ2v) is 8.41. The van der Waals surface area contributed by atoms with Crippen LogP contribution >= 0.6 is 0 Å². The predicted octanol–water partition coefficient (Wildman–Crippen LogP) is 4.58. The smallest absolute Gasteiger partial charge is 0.125 e. The summed E-state index contributed by atoms with van der Waals surface area (Å²) in [5.41, 5.74) is 8.51. The van der Waals surface area contributed by atoms with E-state index in [0.717, 1.165) is 38.2 Å². The monoisotopic (exact) mass is 440 g/mol. The van der Waals surface area contributed by atoms with Crippen molar-refractivity contribution >= 4 is 33.6 Å². The van der Waals surface area contributed by atoms with Gasteiger partial charge in [0.1, 0.15) is 11.6 Å².